The molecule has 0 amide bonds. The largest absolute Gasteiger partial charge is 0.394 e. The van der Waals surface area contributed by atoms with Gasteiger partial charge in [-0.1, -0.05) is 18.2 Å². The Labute approximate surface area is 102 Å². The van der Waals surface area contributed by atoms with Gasteiger partial charge < -0.3 is 15.7 Å². The number of benzene rings is 1. The second-order valence-electron chi connectivity index (χ2n) is 5.27. The number of hydrogen-bond acceptors (Lipinski definition) is 3. The minimum Gasteiger partial charge on any atom is -0.394 e. The maximum Gasteiger partial charge on any atom is 0.0613 e. The molecule has 0 saturated heterocycles. The molecule has 3 nitrogen and oxygen atoms in total. The summed E-state index contributed by atoms with van der Waals surface area (Å²) in [6.45, 7) is 2.17. The number of aliphatic hydroxyl groups is 1. The van der Waals surface area contributed by atoms with Gasteiger partial charge >= 0.3 is 0 Å². The third-order valence-corrected chi connectivity index (χ3v) is 4.20. The molecule has 2 aliphatic rings. The second kappa shape index (κ2) is 4.31. The predicted molar refractivity (Wildman–Crippen MR) is 69.1 cm³/mol. The summed E-state index contributed by atoms with van der Waals surface area (Å²) in [4.78, 5) is 0. The van der Waals surface area contributed by atoms with Crippen LogP contribution in [0.4, 0.5) is 5.69 Å². The molecule has 1 saturated carbocycles. The highest BCUT2D eigenvalue weighted by molar-refractivity contribution is 5.61. The van der Waals surface area contributed by atoms with E-state index in [-0.39, 0.29) is 12.1 Å². The number of para-hydroxylation sites is 1. The number of fused-ring (bicyclic) bond motifs is 1. The van der Waals surface area contributed by atoms with Gasteiger partial charge in [0.05, 0.1) is 6.61 Å². The summed E-state index contributed by atoms with van der Waals surface area (Å²) in [7, 11) is 0. The molecule has 0 unspecified atom stereocenters. The minimum atomic E-state index is 0.00132. The Hall–Kier alpha value is -1.06. The topological polar surface area (TPSA) is 44.3 Å². The molecule has 1 aromatic rings. The van der Waals surface area contributed by atoms with Crippen LogP contribution in [-0.4, -0.2) is 23.8 Å². The highest BCUT2D eigenvalue weighted by Crippen LogP contribution is 2.32. The SMILES string of the molecule is OCC1(NCc2cccc3c2NCC3)CCC1. The lowest BCUT2D eigenvalue weighted by molar-refractivity contribution is 0.0872. The van der Waals surface area contributed by atoms with Crippen molar-refractivity contribution in [1.29, 1.82) is 0 Å². The van der Waals surface area contributed by atoms with Gasteiger partial charge in [0.25, 0.3) is 0 Å². The fourth-order valence-electron chi connectivity index (χ4n) is 2.84. The Morgan fingerprint density at radius 1 is 1.35 bits per heavy atom. The van der Waals surface area contributed by atoms with Crippen LogP contribution in [0.5, 0.6) is 0 Å². The lowest BCUT2D eigenvalue weighted by Gasteiger charge is -2.41. The molecule has 3 N–H and O–H groups in total. The molecule has 3 heteroatoms. The van der Waals surface area contributed by atoms with Gasteiger partial charge in [0.1, 0.15) is 0 Å². The van der Waals surface area contributed by atoms with E-state index in [2.05, 4.69) is 28.8 Å². The predicted octanol–water partition coefficient (Wildman–Crippen LogP) is 1.66. The van der Waals surface area contributed by atoms with Crippen molar-refractivity contribution in [1.82, 2.24) is 5.32 Å². The second-order valence-corrected chi connectivity index (χ2v) is 5.27. The molecule has 0 bridgehead atoms. The first kappa shape index (κ1) is 11.1. The van der Waals surface area contributed by atoms with Gasteiger partial charge in [-0.3, -0.25) is 0 Å². The molecule has 1 fully saturated rings. The molecule has 3 rings (SSSR count). The molecule has 0 atom stereocenters. The van der Waals surface area contributed by atoms with Gasteiger partial charge in [-0.05, 0) is 36.8 Å². The van der Waals surface area contributed by atoms with Crippen LogP contribution in [0.15, 0.2) is 18.2 Å². The van der Waals surface area contributed by atoms with Gasteiger partial charge in [0.15, 0.2) is 0 Å². The third-order valence-electron chi connectivity index (χ3n) is 4.20. The van der Waals surface area contributed by atoms with E-state index in [1.165, 1.54) is 23.2 Å². The Bertz CT molecular complexity index is 407. The van der Waals surface area contributed by atoms with E-state index >= 15 is 0 Å². The van der Waals surface area contributed by atoms with E-state index in [4.69, 9.17) is 0 Å². The first-order valence-corrected chi connectivity index (χ1v) is 6.54. The normalized spacial score (nSPS) is 20.5. The number of nitrogens with one attached hydrogen (secondary N) is 2. The average Bonchev–Trinajstić information content (AvgIpc) is 2.77. The zero-order chi connectivity index (χ0) is 11.7. The van der Waals surface area contributed by atoms with Crippen molar-refractivity contribution in [2.75, 3.05) is 18.5 Å². The molecule has 0 spiro atoms. The summed E-state index contributed by atoms with van der Waals surface area (Å²) in [5, 5.41) is 16.4. The molecule has 0 radical (unpaired) electrons. The number of rotatable bonds is 4. The molecule has 92 valence electrons. The monoisotopic (exact) mass is 232 g/mol. The van der Waals surface area contributed by atoms with E-state index in [9.17, 15) is 5.11 Å². The van der Waals surface area contributed by atoms with Crippen molar-refractivity contribution < 1.29 is 5.11 Å². The van der Waals surface area contributed by atoms with Crippen LogP contribution in [0.1, 0.15) is 30.4 Å². The fraction of sp³-hybridized carbons (Fsp3) is 0.571. The summed E-state index contributed by atoms with van der Waals surface area (Å²) in [6, 6.07) is 6.51. The summed E-state index contributed by atoms with van der Waals surface area (Å²) >= 11 is 0. The highest BCUT2D eigenvalue weighted by Gasteiger charge is 2.35. The smallest absolute Gasteiger partial charge is 0.0613 e. The van der Waals surface area contributed by atoms with Gasteiger partial charge in [0.2, 0.25) is 0 Å². The van der Waals surface area contributed by atoms with Gasteiger partial charge in [-0.25, -0.2) is 0 Å². The molecular formula is C14H20N2O. The van der Waals surface area contributed by atoms with Crippen LogP contribution in [0, 0.1) is 0 Å². The van der Waals surface area contributed by atoms with E-state index in [0.29, 0.717) is 0 Å². The zero-order valence-electron chi connectivity index (χ0n) is 10.1. The zero-order valence-corrected chi connectivity index (χ0v) is 10.1. The third kappa shape index (κ3) is 1.94. The Kier molecular flexibility index (Phi) is 2.81. The maximum atomic E-state index is 9.43. The van der Waals surface area contributed by atoms with Crippen molar-refractivity contribution in [3.8, 4) is 0 Å². The van der Waals surface area contributed by atoms with Crippen LogP contribution in [0.3, 0.4) is 0 Å². The van der Waals surface area contributed by atoms with Gasteiger partial charge in [-0.15, -0.1) is 0 Å². The number of hydrogen-bond donors (Lipinski definition) is 3. The number of aliphatic hydroxyl groups excluding tert-OH is 1. The lowest BCUT2D eigenvalue weighted by atomic mass is 9.77. The lowest BCUT2D eigenvalue weighted by Crippen LogP contribution is -2.53. The Morgan fingerprint density at radius 3 is 2.94 bits per heavy atom. The first-order chi connectivity index (χ1) is 8.33. The van der Waals surface area contributed by atoms with Crippen molar-refractivity contribution in [2.24, 2.45) is 0 Å². The van der Waals surface area contributed by atoms with E-state index in [1.807, 2.05) is 0 Å². The average molecular weight is 232 g/mol. The summed E-state index contributed by atoms with van der Waals surface area (Å²) < 4.78 is 0. The van der Waals surface area contributed by atoms with Crippen LogP contribution in [0.25, 0.3) is 0 Å². The van der Waals surface area contributed by atoms with Crippen LogP contribution in [-0.2, 0) is 13.0 Å². The Balaban J connectivity index is 1.71. The van der Waals surface area contributed by atoms with Crippen LogP contribution >= 0.6 is 0 Å². The summed E-state index contributed by atoms with van der Waals surface area (Å²) in [6.07, 6.45) is 4.57. The summed E-state index contributed by atoms with van der Waals surface area (Å²) in [5.41, 5.74) is 4.07. The van der Waals surface area contributed by atoms with Gasteiger partial charge in [0, 0.05) is 24.3 Å². The van der Waals surface area contributed by atoms with E-state index in [0.717, 1.165) is 32.4 Å². The molecule has 17 heavy (non-hydrogen) atoms. The molecule has 1 aliphatic carbocycles. The minimum absolute atomic E-state index is 0.00132. The van der Waals surface area contributed by atoms with Crippen LogP contribution in [0.2, 0.25) is 0 Å². The quantitative estimate of drug-likeness (QED) is 0.739. The van der Waals surface area contributed by atoms with Gasteiger partial charge in [-0.2, -0.15) is 0 Å². The number of anilines is 1. The molecule has 1 aliphatic heterocycles. The standard InChI is InChI=1S/C14H20N2O/c17-10-14(6-2-7-14)16-9-12-4-1-3-11-5-8-15-13(11)12/h1,3-4,15-17H,2,5-10H2. The molecule has 1 aromatic carbocycles. The van der Waals surface area contributed by atoms with Crippen molar-refractivity contribution >= 4 is 5.69 Å². The first-order valence-electron chi connectivity index (χ1n) is 6.54. The van der Waals surface area contributed by atoms with E-state index in [1.54, 1.807) is 0 Å². The fourth-order valence-corrected chi connectivity index (χ4v) is 2.84. The van der Waals surface area contributed by atoms with Crippen molar-refractivity contribution in [2.45, 2.75) is 37.8 Å². The molecule has 1 heterocycles. The molecular weight excluding hydrogens is 212 g/mol. The highest BCUT2D eigenvalue weighted by atomic mass is 16.3. The van der Waals surface area contributed by atoms with Crippen molar-refractivity contribution in [3.63, 3.8) is 0 Å². The Morgan fingerprint density at radius 2 is 2.24 bits per heavy atom. The summed E-state index contributed by atoms with van der Waals surface area (Å²) in [5.74, 6) is 0. The van der Waals surface area contributed by atoms with E-state index < -0.39 is 0 Å². The van der Waals surface area contributed by atoms with Crippen molar-refractivity contribution in [3.05, 3.63) is 29.3 Å². The van der Waals surface area contributed by atoms with Crippen LogP contribution < -0.4 is 10.6 Å². The maximum absolute atomic E-state index is 9.43. The molecule has 0 aromatic heterocycles.